The molecular weight excluding hydrogens is 383 g/mol. The first kappa shape index (κ1) is 20.1. The van der Waals surface area contributed by atoms with Gasteiger partial charge in [0.15, 0.2) is 0 Å². The Hall–Kier alpha value is -3.22. The summed E-state index contributed by atoms with van der Waals surface area (Å²) in [6.07, 6.45) is 6.14. The highest BCUT2D eigenvalue weighted by Crippen LogP contribution is 2.38. The maximum absolute atomic E-state index is 13.9. The van der Waals surface area contributed by atoms with E-state index in [0.29, 0.717) is 28.6 Å². The van der Waals surface area contributed by atoms with Crippen LogP contribution in [0.3, 0.4) is 0 Å². The Morgan fingerprint density at radius 2 is 2.10 bits per heavy atom. The van der Waals surface area contributed by atoms with Crippen molar-refractivity contribution in [2.75, 3.05) is 12.0 Å². The van der Waals surface area contributed by atoms with Crippen LogP contribution in [0.25, 0.3) is 10.8 Å². The number of rotatable bonds is 6. The number of hydrogen-bond acceptors (Lipinski definition) is 4. The van der Waals surface area contributed by atoms with Gasteiger partial charge >= 0.3 is 0 Å². The number of halogens is 1. The van der Waals surface area contributed by atoms with Crippen molar-refractivity contribution >= 4 is 16.7 Å². The fourth-order valence-electron chi connectivity index (χ4n) is 4.16. The molecule has 1 saturated carbocycles. The van der Waals surface area contributed by atoms with Crippen LogP contribution in [0.15, 0.2) is 47.5 Å². The average Bonchev–Trinajstić information content (AvgIpc) is 2.69. The lowest BCUT2D eigenvalue weighted by Gasteiger charge is -2.35. The Balaban J connectivity index is 1.79. The average molecular weight is 408 g/mol. The number of amides is 1. The number of carbonyl (C=O) groups excluding carboxylic acids is 1. The molecule has 3 aromatic rings. The molecule has 7 heteroatoms. The van der Waals surface area contributed by atoms with Gasteiger partial charge in [0.2, 0.25) is 0 Å². The predicted molar refractivity (Wildman–Crippen MR) is 115 cm³/mol. The van der Waals surface area contributed by atoms with E-state index >= 15 is 0 Å². The number of aromatic nitrogens is 2. The van der Waals surface area contributed by atoms with Crippen LogP contribution in [0.4, 0.5) is 4.39 Å². The van der Waals surface area contributed by atoms with Gasteiger partial charge in [0.05, 0.1) is 22.7 Å². The molecule has 2 N–H and O–H groups in total. The third kappa shape index (κ3) is 3.56. The molecular formula is C23H25FN4O2. The number of benzene rings is 1. The molecule has 4 rings (SSSR count). The molecule has 0 saturated heterocycles. The fraction of sp³-hybridized carbons (Fsp3) is 0.348. The van der Waals surface area contributed by atoms with Crippen molar-refractivity contribution in [1.29, 1.82) is 0 Å². The molecule has 1 atom stereocenters. The van der Waals surface area contributed by atoms with Crippen LogP contribution in [0.5, 0.6) is 0 Å². The van der Waals surface area contributed by atoms with Gasteiger partial charge in [-0.25, -0.2) is 9.07 Å². The molecule has 0 spiro atoms. The van der Waals surface area contributed by atoms with Gasteiger partial charge in [-0.2, -0.15) is 0 Å². The van der Waals surface area contributed by atoms with E-state index in [2.05, 4.69) is 15.7 Å². The third-order valence-electron chi connectivity index (χ3n) is 5.88. The molecule has 0 bridgehead atoms. The van der Waals surface area contributed by atoms with Gasteiger partial charge in [-0.1, -0.05) is 18.6 Å². The molecule has 2 heterocycles. The zero-order chi connectivity index (χ0) is 21.3. The van der Waals surface area contributed by atoms with E-state index < -0.39 is 0 Å². The van der Waals surface area contributed by atoms with E-state index in [4.69, 9.17) is 0 Å². The first-order valence-corrected chi connectivity index (χ1v) is 10.3. The molecule has 1 fully saturated rings. The standard InChI is InChI=1S/C23H25FN4O2/c1-3-26-28-14(2)20(18-10-11-25-13-19(18)23(28)30)22(29)27-21(15-6-4-7-15)16-8-5-9-17(24)12-16/h5,8-13,15,21,26H,3-4,6-7H2,1-2H3,(H,27,29). The summed E-state index contributed by atoms with van der Waals surface area (Å²) in [5.41, 5.74) is 4.49. The molecule has 1 amide bonds. The number of carbonyl (C=O) groups is 1. The van der Waals surface area contributed by atoms with E-state index in [1.165, 1.54) is 23.0 Å². The summed E-state index contributed by atoms with van der Waals surface area (Å²) in [5.74, 6) is -0.334. The van der Waals surface area contributed by atoms with Crippen molar-refractivity contribution in [3.8, 4) is 0 Å². The summed E-state index contributed by atoms with van der Waals surface area (Å²) in [5, 5.41) is 4.07. The van der Waals surface area contributed by atoms with Gasteiger partial charge in [-0.15, -0.1) is 0 Å². The van der Waals surface area contributed by atoms with Crippen LogP contribution in [0.2, 0.25) is 0 Å². The lowest BCUT2D eigenvalue weighted by atomic mass is 9.77. The van der Waals surface area contributed by atoms with Crippen molar-refractivity contribution in [2.45, 2.75) is 39.2 Å². The predicted octanol–water partition coefficient (Wildman–Crippen LogP) is 3.68. The summed E-state index contributed by atoms with van der Waals surface area (Å²) >= 11 is 0. The highest BCUT2D eigenvalue weighted by atomic mass is 19.1. The smallest absolute Gasteiger partial charge is 0.278 e. The second-order valence-corrected chi connectivity index (χ2v) is 7.73. The summed E-state index contributed by atoms with van der Waals surface area (Å²) in [6.45, 7) is 4.16. The Labute approximate surface area is 174 Å². The van der Waals surface area contributed by atoms with Crippen molar-refractivity contribution in [2.24, 2.45) is 5.92 Å². The van der Waals surface area contributed by atoms with E-state index in [0.717, 1.165) is 24.8 Å². The largest absolute Gasteiger partial charge is 0.345 e. The zero-order valence-electron chi connectivity index (χ0n) is 17.1. The molecule has 156 valence electrons. The summed E-state index contributed by atoms with van der Waals surface area (Å²) in [6, 6.07) is 7.81. The molecule has 0 aliphatic heterocycles. The minimum atomic E-state index is -0.320. The highest BCUT2D eigenvalue weighted by Gasteiger charge is 2.31. The Morgan fingerprint density at radius 3 is 2.77 bits per heavy atom. The molecule has 1 aromatic carbocycles. The van der Waals surface area contributed by atoms with E-state index in [9.17, 15) is 14.0 Å². The molecule has 30 heavy (non-hydrogen) atoms. The van der Waals surface area contributed by atoms with Crippen molar-refractivity contribution in [3.63, 3.8) is 0 Å². The first-order chi connectivity index (χ1) is 14.5. The highest BCUT2D eigenvalue weighted by molar-refractivity contribution is 6.07. The molecule has 1 unspecified atom stereocenters. The van der Waals surface area contributed by atoms with Crippen LogP contribution >= 0.6 is 0 Å². The van der Waals surface area contributed by atoms with Crippen LogP contribution in [0, 0.1) is 18.7 Å². The summed E-state index contributed by atoms with van der Waals surface area (Å²) in [4.78, 5) is 30.4. The molecule has 6 nitrogen and oxygen atoms in total. The van der Waals surface area contributed by atoms with Crippen LogP contribution in [0.1, 0.15) is 53.8 Å². The maximum atomic E-state index is 13.9. The van der Waals surface area contributed by atoms with E-state index in [1.807, 2.05) is 13.0 Å². The maximum Gasteiger partial charge on any atom is 0.278 e. The van der Waals surface area contributed by atoms with Crippen molar-refractivity contribution < 1.29 is 9.18 Å². The third-order valence-corrected chi connectivity index (χ3v) is 5.88. The van der Waals surface area contributed by atoms with Gasteiger partial charge in [0, 0.05) is 24.3 Å². The van der Waals surface area contributed by atoms with Gasteiger partial charge in [-0.05, 0) is 56.4 Å². The molecule has 2 aromatic heterocycles. The minimum Gasteiger partial charge on any atom is -0.345 e. The van der Waals surface area contributed by atoms with Gasteiger partial charge < -0.3 is 10.7 Å². The quantitative estimate of drug-likeness (QED) is 0.652. The number of pyridine rings is 2. The first-order valence-electron chi connectivity index (χ1n) is 10.3. The van der Waals surface area contributed by atoms with Crippen LogP contribution in [-0.4, -0.2) is 22.1 Å². The van der Waals surface area contributed by atoms with Gasteiger partial charge in [-0.3, -0.25) is 14.6 Å². The number of nitrogens with zero attached hydrogens (tertiary/aromatic N) is 2. The zero-order valence-corrected chi connectivity index (χ0v) is 17.1. The lowest BCUT2D eigenvalue weighted by molar-refractivity contribution is 0.0900. The SMILES string of the molecule is CCNn1c(C)c(C(=O)NC(c2cccc(F)c2)C2CCC2)c2ccncc2c1=O. The van der Waals surface area contributed by atoms with Gasteiger partial charge in [0.1, 0.15) is 5.82 Å². The van der Waals surface area contributed by atoms with E-state index in [-0.39, 0.29) is 29.2 Å². The topological polar surface area (TPSA) is 76.0 Å². The van der Waals surface area contributed by atoms with Crippen molar-refractivity contribution in [3.05, 3.63) is 75.7 Å². The number of nitrogens with one attached hydrogen (secondary N) is 2. The second kappa shape index (κ2) is 8.26. The Morgan fingerprint density at radius 1 is 1.30 bits per heavy atom. The van der Waals surface area contributed by atoms with Crippen LogP contribution < -0.4 is 16.3 Å². The minimum absolute atomic E-state index is 0.241. The van der Waals surface area contributed by atoms with Crippen LogP contribution in [-0.2, 0) is 0 Å². The summed E-state index contributed by atoms with van der Waals surface area (Å²) in [7, 11) is 0. The Bertz CT molecular complexity index is 1150. The van der Waals surface area contributed by atoms with Crippen molar-refractivity contribution in [1.82, 2.24) is 15.0 Å². The lowest BCUT2D eigenvalue weighted by Crippen LogP contribution is -2.39. The Kier molecular flexibility index (Phi) is 5.53. The number of hydrogen-bond donors (Lipinski definition) is 2. The number of fused-ring (bicyclic) bond motifs is 1. The molecule has 1 aliphatic carbocycles. The monoisotopic (exact) mass is 408 g/mol. The second-order valence-electron chi connectivity index (χ2n) is 7.73. The fourth-order valence-corrected chi connectivity index (χ4v) is 4.16. The van der Waals surface area contributed by atoms with E-state index in [1.54, 1.807) is 25.3 Å². The van der Waals surface area contributed by atoms with Gasteiger partial charge in [0.25, 0.3) is 11.5 Å². The normalized spacial score (nSPS) is 14.9. The summed E-state index contributed by atoms with van der Waals surface area (Å²) < 4.78 is 15.3. The molecule has 1 aliphatic rings. The molecule has 0 radical (unpaired) electrons.